The number of ether oxygens (including phenoxy) is 4. The van der Waals surface area contributed by atoms with Gasteiger partial charge in [0.2, 0.25) is 0 Å². The van der Waals surface area contributed by atoms with Crippen LogP contribution in [0.1, 0.15) is 10.4 Å². The van der Waals surface area contributed by atoms with Gasteiger partial charge in [0.1, 0.15) is 18.2 Å². The van der Waals surface area contributed by atoms with Crippen LogP contribution >= 0.6 is 0 Å². The fourth-order valence-corrected chi connectivity index (χ4v) is 2.37. The van der Waals surface area contributed by atoms with E-state index >= 15 is 0 Å². The molecule has 9 nitrogen and oxygen atoms in total. The Kier molecular flexibility index (Phi) is 5.60. The third kappa shape index (κ3) is 3.56. The number of methoxy groups -OCH3 is 3. The van der Waals surface area contributed by atoms with Crippen molar-refractivity contribution in [3.05, 3.63) is 35.0 Å². The summed E-state index contributed by atoms with van der Waals surface area (Å²) in [6, 6.07) is 4.12. The van der Waals surface area contributed by atoms with Gasteiger partial charge in [0, 0.05) is 0 Å². The first kappa shape index (κ1) is 18.3. The number of anilines is 1. The number of carboxylic acid groups (broad SMARTS) is 1. The van der Waals surface area contributed by atoms with Crippen molar-refractivity contribution in [2.75, 3.05) is 39.6 Å². The number of carbonyl (C=O) groups is 3. The van der Waals surface area contributed by atoms with E-state index in [9.17, 15) is 19.5 Å². The number of hydrogen-bond donors (Lipinski definition) is 1. The standard InChI is InChI=1S/C16H17NO8/c1-22-12-5-4-9(14(18)19)6-11(12)17-8-25-7-10(15(20)23-2)13(17)16(21)24-3/h4-6H,7-8H2,1-3H3,(H,18,19). The SMILES string of the molecule is COC(=O)C1=C(C(=O)OC)N(c2cc(C(=O)O)ccc2OC)COC1. The molecule has 0 bridgehead atoms. The molecule has 25 heavy (non-hydrogen) atoms. The van der Waals surface area contributed by atoms with Gasteiger partial charge in [-0.1, -0.05) is 0 Å². The smallest absolute Gasteiger partial charge is 0.355 e. The maximum Gasteiger partial charge on any atom is 0.355 e. The molecule has 1 heterocycles. The normalized spacial score (nSPS) is 14.1. The van der Waals surface area contributed by atoms with Crippen LogP contribution in [0.3, 0.4) is 0 Å². The fourth-order valence-electron chi connectivity index (χ4n) is 2.37. The highest BCUT2D eigenvalue weighted by atomic mass is 16.5. The highest BCUT2D eigenvalue weighted by Crippen LogP contribution is 2.35. The Morgan fingerprint density at radius 3 is 2.36 bits per heavy atom. The van der Waals surface area contributed by atoms with Crippen molar-refractivity contribution in [3.8, 4) is 5.75 Å². The highest BCUT2D eigenvalue weighted by molar-refractivity contribution is 6.04. The maximum atomic E-state index is 12.3. The second kappa shape index (κ2) is 7.67. The number of benzene rings is 1. The van der Waals surface area contributed by atoms with Crippen LogP contribution in [0.15, 0.2) is 29.5 Å². The lowest BCUT2D eigenvalue weighted by atomic mass is 10.1. The summed E-state index contributed by atoms with van der Waals surface area (Å²) >= 11 is 0. The van der Waals surface area contributed by atoms with Crippen molar-refractivity contribution >= 4 is 23.6 Å². The summed E-state index contributed by atoms with van der Waals surface area (Å²) in [6.07, 6.45) is 0. The van der Waals surface area contributed by atoms with Crippen LogP contribution in [0, 0.1) is 0 Å². The lowest BCUT2D eigenvalue weighted by Gasteiger charge is -2.32. The second-order valence-corrected chi connectivity index (χ2v) is 4.91. The lowest BCUT2D eigenvalue weighted by Crippen LogP contribution is -2.39. The van der Waals surface area contributed by atoms with Gasteiger partial charge in [-0.05, 0) is 18.2 Å². The first-order valence-corrected chi connectivity index (χ1v) is 7.11. The second-order valence-electron chi connectivity index (χ2n) is 4.91. The van der Waals surface area contributed by atoms with E-state index in [1.54, 1.807) is 0 Å². The highest BCUT2D eigenvalue weighted by Gasteiger charge is 2.34. The summed E-state index contributed by atoms with van der Waals surface area (Å²) in [4.78, 5) is 36.8. The van der Waals surface area contributed by atoms with Crippen molar-refractivity contribution < 1.29 is 38.4 Å². The fraction of sp³-hybridized carbons (Fsp3) is 0.312. The van der Waals surface area contributed by atoms with Crippen molar-refractivity contribution in [2.24, 2.45) is 0 Å². The van der Waals surface area contributed by atoms with Crippen LogP contribution in [0.5, 0.6) is 5.75 Å². The van der Waals surface area contributed by atoms with Crippen molar-refractivity contribution in [3.63, 3.8) is 0 Å². The summed E-state index contributed by atoms with van der Waals surface area (Å²) in [5, 5.41) is 9.20. The molecule has 9 heteroatoms. The van der Waals surface area contributed by atoms with E-state index in [4.69, 9.17) is 14.2 Å². The van der Waals surface area contributed by atoms with E-state index in [1.807, 2.05) is 0 Å². The van der Waals surface area contributed by atoms with Gasteiger partial charge < -0.3 is 29.0 Å². The van der Waals surface area contributed by atoms with E-state index in [-0.39, 0.29) is 35.9 Å². The minimum Gasteiger partial charge on any atom is -0.495 e. The average molecular weight is 351 g/mol. The van der Waals surface area contributed by atoms with E-state index in [1.165, 1.54) is 44.4 Å². The first-order chi connectivity index (χ1) is 11.9. The van der Waals surface area contributed by atoms with Crippen LogP contribution in [-0.4, -0.2) is 57.7 Å². The Hall–Kier alpha value is -3.07. The third-order valence-electron chi connectivity index (χ3n) is 3.55. The van der Waals surface area contributed by atoms with E-state index in [2.05, 4.69) is 4.74 Å². The van der Waals surface area contributed by atoms with Crippen molar-refractivity contribution in [1.82, 2.24) is 0 Å². The largest absolute Gasteiger partial charge is 0.495 e. The molecule has 0 amide bonds. The van der Waals surface area contributed by atoms with Gasteiger partial charge in [0.05, 0.1) is 44.8 Å². The van der Waals surface area contributed by atoms with Gasteiger partial charge in [0.25, 0.3) is 0 Å². The van der Waals surface area contributed by atoms with Gasteiger partial charge >= 0.3 is 17.9 Å². The molecule has 0 fully saturated rings. The zero-order chi connectivity index (χ0) is 18.6. The van der Waals surface area contributed by atoms with Crippen LogP contribution in [0.4, 0.5) is 5.69 Å². The molecule has 1 aliphatic rings. The topological polar surface area (TPSA) is 112 Å². The third-order valence-corrected chi connectivity index (χ3v) is 3.55. The molecule has 0 saturated carbocycles. The number of hydrogen-bond acceptors (Lipinski definition) is 8. The van der Waals surface area contributed by atoms with Gasteiger partial charge in [-0.3, -0.25) is 0 Å². The van der Waals surface area contributed by atoms with Crippen LogP contribution in [0.2, 0.25) is 0 Å². The zero-order valence-corrected chi connectivity index (χ0v) is 13.9. The first-order valence-electron chi connectivity index (χ1n) is 7.11. The Morgan fingerprint density at radius 1 is 1.12 bits per heavy atom. The summed E-state index contributed by atoms with van der Waals surface area (Å²) in [7, 11) is 3.74. The number of nitrogens with zero attached hydrogens (tertiary/aromatic N) is 1. The molecule has 0 aliphatic carbocycles. The number of esters is 2. The molecule has 2 rings (SSSR count). The minimum absolute atomic E-state index is 0.0230. The summed E-state index contributed by atoms with van der Waals surface area (Å²) in [5.41, 5.74) is 0.0823. The summed E-state index contributed by atoms with van der Waals surface area (Å²) < 4.78 is 20.0. The van der Waals surface area contributed by atoms with Gasteiger partial charge in [0.15, 0.2) is 0 Å². The molecular formula is C16H17NO8. The number of rotatable bonds is 5. The van der Waals surface area contributed by atoms with E-state index in [0.717, 1.165) is 0 Å². The number of carboxylic acids is 1. The van der Waals surface area contributed by atoms with Crippen LogP contribution in [-0.2, 0) is 23.8 Å². The quantitative estimate of drug-likeness (QED) is 0.769. The van der Waals surface area contributed by atoms with Crippen molar-refractivity contribution in [1.29, 1.82) is 0 Å². The number of carbonyl (C=O) groups excluding carboxylic acids is 2. The van der Waals surface area contributed by atoms with Crippen LogP contribution in [0.25, 0.3) is 0 Å². The van der Waals surface area contributed by atoms with Gasteiger partial charge in [-0.25, -0.2) is 14.4 Å². The monoisotopic (exact) mass is 351 g/mol. The molecule has 0 aromatic heterocycles. The molecule has 1 N–H and O–H groups in total. The Bertz CT molecular complexity index is 740. The Balaban J connectivity index is 2.66. The Labute approximate surface area is 143 Å². The van der Waals surface area contributed by atoms with Gasteiger partial charge in [-0.2, -0.15) is 0 Å². The molecule has 134 valence electrons. The maximum absolute atomic E-state index is 12.3. The number of aromatic carboxylic acids is 1. The average Bonchev–Trinajstić information content (AvgIpc) is 2.65. The zero-order valence-electron chi connectivity index (χ0n) is 13.9. The predicted molar refractivity (Wildman–Crippen MR) is 84.3 cm³/mol. The molecule has 0 atom stereocenters. The summed E-state index contributed by atoms with van der Waals surface area (Å²) in [5.74, 6) is -2.40. The Morgan fingerprint density at radius 2 is 1.80 bits per heavy atom. The van der Waals surface area contributed by atoms with Crippen molar-refractivity contribution in [2.45, 2.75) is 0 Å². The molecule has 0 radical (unpaired) electrons. The lowest BCUT2D eigenvalue weighted by molar-refractivity contribution is -0.140. The molecule has 0 spiro atoms. The summed E-state index contributed by atoms with van der Waals surface area (Å²) in [6.45, 7) is -0.251. The van der Waals surface area contributed by atoms with E-state index < -0.39 is 17.9 Å². The predicted octanol–water partition coefficient (Wildman–Crippen LogP) is 0.788. The molecule has 1 aromatic rings. The molecular weight excluding hydrogens is 334 g/mol. The molecule has 0 saturated heterocycles. The molecule has 1 aliphatic heterocycles. The van der Waals surface area contributed by atoms with Gasteiger partial charge in [-0.15, -0.1) is 0 Å². The van der Waals surface area contributed by atoms with Crippen LogP contribution < -0.4 is 9.64 Å². The van der Waals surface area contributed by atoms with E-state index in [0.29, 0.717) is 5.75 Å². The molecule has 0 unspecified atom stereocenters. The minimum atomic E-state index is -1.15. The molecule has 1 aromatic carbocycles.